The molecule has 1 heterocycles. The zero-order valence-electron chi connectivity index (χ0n) is 18.9. The third-order valence-electron chi connectivity index (χ3n) is 5.01. The van der Waals surface area contributed by atoms with Crippen molar-refractivity contribution in [3.05, 3.63) is 75.6 Å². The van der Waals surface area contributed by atoms with Crippen molar-refractivity contribution >= 4 is 23.3 Å². The van der Waals surface area contributed by atoms with Crippen molar-refractivity contribution in [3.63, 3.8) is 0 Å². The Morgan fingerprint density at radius 3 is 2.52 bits per heavy atom. The van der Waals surface area contributed by atoms with Crippen molar-refractivity contribution in [1.29, 1.82) is 0 Å². The number of hydrogen-bond donors (Lipinski definition) is 1. The number of halogens is 1. The first-order valence-electron chi connectivity index (χ1n) is 10.4. The number of carbonyl (C=O) groups is 2. The molecule has 2 aromatic carbocycles. The van der Waals surface area contributed by atoms with Gasteiger partial charge in [0, 0.05) is 31.1 Å². The van der Waals surface area contributed by atoms with Crippen LogP contribution in [-0.4, -0.2) is 51.6 Å². The molecule has 1 N–H and O–H groups in total. The van der Waals surface area contributed by atoms with Gasteiger partial charge in [0.1, 0.15) is 12.4 Å². The third-order valence-corrected chi connectivity index (χ3v) is 5.01. The molecule has 0 aliphatic carbocycles. The molecule has 1 aliphatic heterocycles. The van der Waals surface area contributed by atoms with Gasteiger partial charge in [0.15, 0.2) is 0 Å². The van der Waals surface area contributed by atoms with Crippen LogP contribution >= 0.6 is 0 Å². The van der Waals surface area contributed by atoms with Gasteiger partial charge in [0.25, 0.3) is 11.6 Å². The molecule has 9 nitrogen and oxygen atoms in total. The van der Waals surface area contributed by atoms with E-state index in [0.29, 0.717) is 16.8 Å². The number of likely N-dealkylation sites (N-methyl/N-ethyl adjacent to an activating group) is 1. The lowest BCUT2D eigenvalue weighted by atomic mass is 9.98. The lowest BCUT2D eigenvalue weighted by Gasteiger charge is -2.27. The van der Waals surface area contributed by atoms with Crippen LogP contribution < -0.4 is 5.32 Å². The van der Waals surface area contributed by atoms with Gasteiger partial charge < -0.3 is 10.2 Å². The smallest absolute Gasteiger partial charge is 0.318 e. The minimum Gasteiger partial charge on any atom is -0.333 e. The van der Waals surface area contributed by atoms with Gasteiger partial charge in [-0.25, -0.2) is 14.2 Å². The van der Waals surface area contributed by atoms with Crippen LogP contribution in [0.4, 0.5) is 14.9 Å². The van der Waals surface area contributed by atoms with E-state index in [0.717, 1.165) is 0 Å². The van der Waals surface area contributed by atoms with E-state index >= 15 is 0 Å². The molecule has 3 rings (SSSR count). The molecular formula is C23H26FN5O4. The first kappa shape index (κ1) is 23.8. The predicted octanol–water partition coefficient (Wildman–Crippen LogP) is 3.85. The van der Waals surface area contributed by atoms with E-state index in [1.54, 1.807) is 24.3 Å². The lowest BCUT2D eigenvalue weighted by molar-refractivity contribution is -0.385. The molecule has 174 valence electrons. The van der Waals surface area contributed by atoms with Gasteiger partial charge in [-0.05, 0) is 44.0 Å². The minimum atomic E-state index is -0.600. The van der Waals surface area contributed by atoms with E-state index < -0.39 is 34.3 Å². The SMILES string of the molecule is CN(CC(=O)N1N=C(c2ccc(F)cc2)C[C@H]1c1cccc([N+](=O)[O-])c1)C(=O)NC(C)(C)C. The maximum absolute atomic E-state index is 13.4. The molecule has 1 aliphatic rings. The summed E-state index contributed by atoms with van der Waals surface area (Å²) < 4.78 is 13.4. The number of carbonyl (C=O) groups excluding carboxylic acids is 2. The van der Waals surface area contributed by atoms with Gasteiger partial charge in [0.05, 0.1) is 16.7 Å². The van der Waals surface area contributed by atoms with Crippen molar-refractivity contribution in [1.82, 2.24) is 15.2 Å². The second-order valence-electron chi connectivity index (χ2n) is 8.90. The largest absolute Gasteiger partial charge is 0.333 e. The van der Waals surface area contributed by atoms with Crippen molar-refractivity contribution in [2.75, 3.05) is 13.6 Å². The average Bonchev–Trinajstić information content (AvgIpc) is 3.18. The number of rotatable bonds is 5. The van der Waals surface area contributed by atoms with Crippen LogP contribution in [0.5, 0.6) is 0 Å². The number of non-ortho nitro benzene ring substituents is 1. The highest BCUT2D eigenvalue weighted by Gasteiger charge is 2.34. The summed E-state index contributed by atoms with van der Waals surface area (Å²) in [6, 6.07) is 10.7. The average molecular weight is 455 g/mol. The van der Waals surface area contributed by atoms with Gasteiger partial charge in [-0.3, -0.25) is 14.9 Å². The predicted molar refractivity (Wildman–Crippen MR) is 121 cm³/mol. The van der Waals surface area contributed by atoms with Gasteiger partial charge in [-0.2, -0.15) is 5.10 Å². The van der Waals surface area contributed by atoms with E-state index in [-0.39, 0.29) is 18.7 Å². The van der Waals surface area contributed by atoms with Gasteiger partial charge in [-0.1, -0.05) is 24.3 Å². The van der Waals surface area contributed by atoms with E-state index in [4.69, 9.17) is 0 Å². The van der Waals surface area contributed by atoms with E-state index in [1.807, 2.05) is 20.8 Å². The Balaban J connectivity index is 1.89. The Kier molecular flexibility index (Phi) is 6.75. The number of urea groups is 1. The molecule has 10 heteroatoms. The Hall–Kier alpha value is -3.82. The monoisotopic (exact) mass is 455 g/mol. The fourth-order valence-corrected chi connectivity index (χ4v) is 3.43. The zero-order valence-corrected chi connectivity index (χ0v) is 18.9. The fourth-order valence-electron chi connectivity index (χ4n) is 3.43. The molecule has 0 radical (unpaired) electrons. The molecule has 3 amide bonds. The first-order chi connectivity index (χ1) is 15.4. The molecule has 0 spiro atoms. The highest BCUT2D eigenvalue weighted by molar-refractivity contribution is 6.03. The van der Waals surface area contributed by atoms with Crippen LogP contribution in [0.25, 0.3) is 0 Å². The van der Waals surface area contributed by atoms with Crippen LogP contribution in [0.3, 0.4) is 0 Å². The molecule has 0 bridgehead atoms. The summed E-state index contributed by atoms with van der Waals surface area (Å²) in [6.45, 7) is 5.25. The van der Waals surface area contributed by atoms with Crippen molar-refractivity contribution in [2.45, 2.75) is 38.8 Å². The Labute approximate surface area is 191 Å². The standard InChI is InChI=1S/C23H26FN5O4/c1-23(2,3)25-22(31)27(4)14-21(30)28-20(16-6-5-7-18(12-16)29(32)33)13-19(26-28)15-8-10-17(24)11-9-15/h5-12,20H,13-14H2,1-4H3,(H,25,31)/t20-/m0/s1. The first-order valence-corrected chi connectivity index (χ1v) is 10.4. The second kappa shape index (κ2) is 9.35. The lowest BCUT2D eigenvalue weighted by Crippen LogP contribution is -2.49. The molecule has 33 heavy (non-hydrogen) atoms. The molecule has 0 saturated carbocycles. The number of nitrogens with one attached hydrogen (secondary N) is 1. The fraction of sp³-hybridized carbons (Fsp3) is 0.348. The molecule has 0 fully saturated rings. The Bertz CT molecular complexity index is 1090. The minimum absolute atomic E-state index is 0.100. The van der Waals surface area contributed by atoms with Gasteiger partial charge >= 0.3 is 6.03 Å². The van der Waals surface area contributed by atoms with E-state index in [2.05, 4.69) is 10.4 Å². The summed E-state index contributed by atoms with van der Waals surface area (Å²) >= 11 is 0. The summed E-state index contributed by atoms with van der Waals surface area (Å²) in [7, 11) is 1.50. The maximum Gasteiger partial charge on any atom is 0.318 e. The third kappa shape index (κ3) is 5.91. The topological polar surface area (TPSA) is 108 Å². The van der Waals surface area contributed by atoms with Gasteiger partial charge in [-0.15, -0.1) is 0 Å². The number of nitro groups is 1. The maximum atomic E-state index is 13.4. The van der Waals surface area contributed by atoms with E-state index in [9.17, 15) is 24.1 Å². The van der Waals surface area contributed by atoms with Crippen molar-refractivity contribution in [2.24, 2.45) is 5.10 Å². The summed E-state index contributed by atoms with van der Waals surface area (Å²) in [4.78, 5) is 37.6. The molecule has 0 aromatic heterocycles. The second-order valence-corrected chi connectivity index (χ2v) is 8.90. The molecule has 0 unspecified atom stereocenters. The highest BCUT2D eigenvalue weighted by Crippen LogP contribution is 2.34. The number of hydrazone groups is 1. The zero-order chi connectivity index (χ0) is 24.3. The number of nitro benzene ring substituents is 1. The van der Waals surface area contributed by atoms with Crippen LogP contribution in [0.1, 0.15) is 44.4 Å². The van der Waals surface area contributed by atoms with Crippen LogP contribution in [-0.2, 0) is 4.79 Å². The molecule has 1 atom stereocenters. The number of amides is 3. The van der Waals surface area contributed by atoms with Crippen LogP contribution in [0.15, 0.2) is 53.6 Å². The molecule has 0 saturated heterocycles. The number of benzene rings is 2. The van der Waals surface area contributed by atoms with Crippen LogP contribution in [0.2, 0.25) is 0 Å². The van der Waals surface area contributed by atoms with Crippen molar-refractivity contribution in [3.8, 4) is 0 Å². The number of hydrogen-bond acceptors (Lipinski definition) is 5. The Morgan fingerprint density at radius 2 is 1.91 bits per heavy atom. The van der Waals surface area contributed by atoms with Crippen LogP contribution in [0, 0.1) is 15.9 Å². The van der Waals surface area contributed by atoms with E-state index in [1.165, 1.54) is 41.2 Å². The molecule has 2 aromatic rings. The quantitative estimate of drug-likeness (QED) is 0.546. The highest BCUT2D eigenvalue weighted by atomic mass is 19.1. The summed E-state index contributed by atoms with van der Waals surface area (Å²) in [5.41, 5.74) is 1.15. The molecular weight excluding hydrogens is 429 g/mol. The Morgan fingerprint density at radius 1 is 1.24 bits per heavy atom. The van der Waals surface area contributed by atoms with Gasteiger partial charge in [0.2, 0.25) is 0 Å². The summed E-state index contributed by atoms with van der Waals surface area (Å²) in [5, 5.41) is 19.7. The number of nitrogens with zero attached hydrogens (tertiary/aromatic N) is 4. The summed E-state index contributed by atoms with van der Waals surface area (Å²) in [6.07, 6.45) is 0.288. The summed E-state index contributed by atoms with van der Waals surface area (Å²) in [5.74, 6) is -0.845. The normalized spacial score (nSPS) is 15.7. The van der Waals surface area contributed by atoms with Crippen molar-refractivity contribution < 1.29 is 18.9 Å².